The predicted molar refractivity (Wildman–Crippen MR) is 102 cm³/mol. The summed E-state index contributed by atoms with van der Waals surface area (Å²) in [5, 5.41) is 3.85. The Morgan fingerprint density at radius 1 is 1.04 bits per heavy atom. The molecule has 2 aromatic carbocycles. The number of amides is 1. The molecule has 3 aromatic rings. The number of fused-ring (bicyclic) bond motifs is 2. The van der Waals surface area contributed by atoms with E-state index >= 15 is 0 Å². The molecule has 1 amide bonds. The molecule has 0 saturated carbocycles. The number of benzene rings is 2. The smallest absolute Gasteiger partial charge is 0.251 e. The van der Waals surface area contributed by atoms with Gasteiger partial charge < -0.3 is 19.8 Å². The molecule has 2 N–H and O–H groups in total. The summed E-state index contributed by atoms with van der Waals surface area (Å²) in [6, 6.07) is 15.0. The second-order valence-corrected chi connectivity index (χ2v) is 6.47. The van der Waals surface area contributed by atoms with E-state index in [1.807, 2.05) is 48.5 Å². The number of rotatable bonds is 5. The molecular weight excluding hydrogens is 344 g/mol. The van der Waals surface area contributed by atoms with E-state index in [-0.39, 0.29) is 17.9 Å². The summed E-state index contributed by atoms with van der Waals surface area (Å²) in [5.41, 5.74) is 2.22. The molecule has 1 aliphatic heterocycles. The Hall–Kier alpha value is -3.28. The van der Waals surface area contributed by atoms with E-state index in [1.54, 1.807) is 0 Å². The summed E-state index contributed by atoms with van der Waals surface area (Å²) in [5.74, 6) is 1.29. The van der Waals surface area contributed by atoms with Crippen molar-refractivity contribution in [1.29, 1.82) is 0 Å². The van der Waals surface area contributed by atoms with Crippen LogP contribution in [0.4, 0.5) is 0 Å². The van der Waals surface area contributed by atoms with E-state index in [9.17, 15) is 9.59 Å². The van der Waals surface area contributed by atoms with Gasteiger partial charge in [0.1, 0.15) is 13.2 Å². The first-order valence-electron chi connectivity index (χ1n) is 8.95. The fourth-order valence-corrected chi connectivity index (χ4v) is 3.16. The third kappa shape index (κ3) is 3.95. The number of nitrogens with one attached hydrogen (secondary N) is 2. The fourth-order valence-electron chi connectivity index (χ4n) is 3.16. The molecule has 0 spiro atoms. The van der Waals surface area contributed by atoms with Crippen molar-refractivity contribution in [2.45, 2.75) is 12.8 Å². The van der Waals surface area contributed by atoms with Crippen LogP contribution in [-0.2, 0) is 17.6 Å². The van der Waals surface area contributed by atoms with Gasteiger partial charge >= 0.3 is 0 Å². The predicted octanol–water partition coefficient (Wildman–Crippen LogP) is 2.20. The van der Waals surface area contributed by atoms with Gasteiger partial charge in [0.25, 0.3) is 5.56 Å². The van der Waals surface area contributed by atoms with Crippen LogP contribution in [0.25, 0.3) is 10.9 Å². The second-order valence-electron chi connectivity index (χ2n) is 6.47. The van der Waals surface area contributed by atoms with Crippen LogP contribution >= 0.6 is 0 Å². The lowest BCUT2D eigenvalue weighted by Crippen LogP contribution is -2.28. The lowest BCUT2D eigenvalue weighted by atomic mass is 10.1. The third-order valence-electron chi connectivity index (χ3n) is 4.52. The minimum atomic E-state index is -0.116. The maximum Gasteiger partial charge on any atom is 0.251 e. The van der Waals surface area contributed by atoms with Gasteiger partial charge in [0.05, 0.1) is 6.42 Å². The Morgan fingerprint density at radius 2 is 1.85 bits per heavy atom. The van der Waals surface area contributed by atoms with Crippen molar-refractivity contribution in [3.05, 3.63) is 70.0 Å². The highest BCUT2D eigenvalue weighted by atomic mass is 16.6. The molecule has 2 heterocycles. The summed E-state index contributed by atoms with van der Waals surface area (Å²) in [6.45, 7) is 1.47. The van der Waals surface area contributed by atoms with Gasteiger partial charge in [-0.05, 0) is 41.6 Å². The number of pyridine rings is 1. The molecule has 1 aromatic heterocycles. The van der Waals surface area contributed by atoms with Gasteiger partial charge in [0.15, 0.2) is 11.5 Å². The van der Waals surface area contributed by atoms with Crippen molar-refractivity contribution in [1.82, 2.24) is 10.3 Å². The minimum absolute atomic E-state index is 0.0936. The van der Waals surface area contributed by atoms with E-state index in [1.165, 1.54) is 0 Å². The zero-order valence-corrected chi connectivity index (χ0v) is 14.8. The number of hydrogen-bond donors (Lipinski definition) is 2. The fraction of sp³-hybridized carbons (Fsp3) is 0.238. The van der Waals surface area contributed by atoms with E-state index in [2.05, 4.69) is 10.3 Å². The summed E-state index contributed by atoms with van der Waals surface area (Å²) in [4.78, 5) is 27.2. The van der Waals surface area contributed by atoms with Gasteiger partial charge in [0, 0.05) is 17.6 Å². The molecule has 138 valence electrons. The van der Waals surface area contributed by atoms with Crippen LogP contribution in [0.5, 0.6) is 11.5 Å². The summed E-state index contributed by atoms with van der Waals surface area (Å²) < 4.78 is 11.0. The minimum Gasteiger partial charge on any atom is -0.486 e. The van der Waals surface area contributed by atoms with Crippen LogP contribution in [0.15, 0.2) is 53.3 Å². The molecule has 0 fully saturated rings. The van der Waals surface area contributed by atoms with Crippen LogP contribution in [0.2, 0.25) is 0 Å². The van der Waals surface area contributed by atoms with Gasteiger partial charge in [-0.15, -0.1) is 0 Å². The molecule has 0 unspecified atom stereocenters. The molecule has 0 saturated heterocycles. The summed E-state index contributed by atoms with van der Waals surface area (Å²) in [7, 11) is 0. The molecule has 0 radical (unpaired) electrons. The molecule has 0 aliphatic carbocycles. The molecule has 6 nitrogen and oxygen atoms in total. The lowest BCUT2D eigenvalue weighted by Gasteiger charge is -2.18. The Bertz CT molecular complexity index is 1040. The number of hydrogen-bond acceptors (Lipinski definition) is 4. The Morgan fingerprint density at radius 3 is 2.74 bits per heavy atom. The zero-order valence-electron chi connectivity index (χ0n) is 14.8. The highest BCUT2D eigenvalue weighted by molar-refractivity contribution is 5.79. The summed E-state index contributed by atoms with van der Waals surface area (Å²) in [6.07, 6.45) is 0.734. The molecule has 6 heteroatoms. The average molecular weight is 364 g/mol. The first kappa shape index (κ1) is 17.1. The molecule has 0 bridgehead atoms. The topological polar surface area (TPSA) is 80.4 Å². The van der Waals surface area contributed by atoms with Crippen LogP contribution in [0.3, 0.4) is 0 Å². The lowest BCUT2D eigenvalue weighted by molar-refractivity contribution is -0.120. The third-order valence-corrected chi connectivity index (χ3v) is 4.52. The van der Waals surface area contributed by atoms with Crippen molar-refractivity contribution in [2.24, 2.45) is 0 Å². The number of aromatic amines is 1. The highest BCUT2D eigenvalue weighted by Gasteiger charge is 2.13. The second kappa shape index (κ2) is 7.53. The van der Waals surface area contributed by atoms with E-state index in [0.717, 1.165) is 16.5 Å². The monoisotopic (exact) mass is 364 g/mol. The van der Waals surface area contributed by atoms with Crippen molar-refractivity contribution in [3.8, 4) is 11.5 Å². The van der Waals surface area contributed by atoms with Gasteiger partial charge in [-0.2, -0.15) is 0 Å². The van der Waals surface area contributed by atoms with Crippen molar-refractivity contribution < 1.29 is 14.3 Å². The van der Waals surface area contributed by atoms with E-state index in [0.29, 0.717) is 43.2 Å². The van der Waals surface area contributed by atoms with Gasteiger partial charge in [-0.1, -0.05) is 24.3 Å². The Labute approximate surface area is 156 Å². The quantitative estimate of drug-likeness (QED) is 0.727. The van der Waals surface area contributed by atoms with E-state index in [4.69, 9.17) is 9.47 Å². The normalized spacial score (nSPS) is 12.7. The molecular formula is C21H20N2O4. The number of carbonyl (C=O) groups is 1. The van der Waals surface area contributed by atoms with Crippen LogP contribution in [0.1, 0.15) is 11.1 Å². The van der Waals surface area contributed by atoms with Gasteiger partial charge in [0.2, 0.25) is 5.91 Å². The molecule has 4 rings (SSSR count). The first-order valence-corrected chi connectivity index (χ1v) is 8.95. The Balaban J connectivity index is 1.34. The number of para-hydroxylation sites is 1. The molecule has 0 atom stereocenters. The molecule has 1 aliphatic rings. The number of aromatic nitrogens is 1. The molecule has 27 heavy (non-hydrogen) atoms. The SMILES string of the molecule is O=C(Cc1ccc2c(c1)OCCO2)NCCc1cc2ccccc2[nH]c1=O. The zero-order chi connectivity index (χ0) is 18.6. The number of ether oxygens (including phenoxy) is 2. The van der Waals surface area contributed by atoms with Gasteiger partial charge in [-0.3, -0.25) is 9.59 Å². The highest BCUT2D eigenvalue weighted by Crippen LogP contribution is 2.30. The van der Waals surface area contributed by atoms with Crippen LogP contribution < -0.4 is 20.3 Å². The first-order chi connectivity index (χ1) is 13.2. The van der Waals surface area contributed by atoms with Crippen molar-refractivity contribution in [2.75, 3.05) is 19.8 Å². The van der Waals surface area contributed by atoms with E-state index < -0.39 is 0 Å². The van der Waals surface area contributed by atoms with Crippen LogP contribution in [-0.4, -0.2) is 30.6 Å². The standard InChI is InChI=1S/C21H20N2O4/c24-20(12-14-5-6-18-19(11-14)27-10-9-26-18)22-8-7-16-13-15-3-1-2-4-17(15)23-21(16)25/h1-6,11,13H,7-10,12H2,(H,22,24)(H,23,25). The maximum atomic E-state index is 12.2. The maximum absolute atomic E-state index is 12.2. The van der Waals surface area contributed by atoms with Crippen LogP contribution in [0, 0.1) is 0 Å². The summed E-state index contributed by atoms with van der Waals surface area (Å²) >= 11 is 0. The van der Waals surface area contributed by atoms with Crippen molar-refractivity contribution >= 4 is 16.8 Å². The number of H-pyrrole nitrogens is 1. The largest absolute Gasteiger partial charge is 0.486 e. The van der Waals surface area contributed by atoms with Crippen molar-refractivity contribution in [3.63, 3.8) is 0 Å². The van der Waals surface area contributed by atoms with Gasteiger partial charge in [-0.25, -0.2) is 0 Å². The Kier molecular flexibility index (Phi) is 4.78. The number of carbonyl (C=O) groups excluding carboxylic acids is 1. The average Bonchev–Trinajstić information content (AvgIpc) is 2.68.